The van der Waals surface area contributed by atoms with Gasteiger partial charge in [-0.1, -0.05) is 32.0 Å². The van der Waals surface area contributed by atoms with Crippen LogP contribution in [0.5, 0.6) is 11.5 Å². The van der Waals surface area contributed by atoms with Gasteiger partial charge in [0, 0.05) is 17.3 Å². The Morgan fingerprint density at radius 3 is 2.57 bits per heavy atom. The monoisotopic (exact) mass is 381 g/mol. The number of amides is 1. The van der Waals surface area contributed by atoms with Gasteiger partial charge in [0.1, 0.15) is 0 Å². The lowest BCUT2D eigenvalue weighted by atomic mass is 10.1. The van der Waals surface area contributed by atoms with Crippen LogP contribution in [0, 0.1) is 5.92 Å². The number of carbonyl (C=O) groups is 2. The fourth-order valence-electron chi connectivity index (χ4n) is 2.48. The first-order chi connectivity index (χ1) is 13.4. The van der Waals surface area contributed by atoms with Gasteiger partial charge in [-0.05, 0) is 55.2 Å². The second kappa shape index (κ2) is 10.3. The van der Waals surface area contributed by atoms with E-state index in [0.717, 1.165) is 12.0 Å². The topological polar surface area (TPSA) is 64.6 Å². The lowest BCUT2D eigenvalue weighted by Crippen LogP contribution is -2.08. The molecule has 0 aliphatic carbocycles. The van der Waals surface area contributed by atoms with Crippen LogP contribution in [-0.4, -0.2) is 25.4 Å². The number of hydrogen-bond donors (Lipinski definition) is 1. The SMILES string of the molecule is COc1cc(/C=C/C(=O)Nc2cccc(C(C)=O)c2)ccc1OCCC(C)C. The van der Waals surface area contributed by atoms with Crippen molar-refractivity contribution in [3.63, 3.8) is 0 Å². The largest absolute Gasteiger partial charge is 0.493 e. The van der Waals surface area contributed by atoms with Gasteiger partial charge in [0.2, 0.25) is 5.91 Å². The summed E-state index contributed by atoms with van der Waals surface area (Å²) in [6, 6.07) is 12.4. The first-order valence-corrected chi connectivity index (χ1v) is 9.30. The zero-order valence-corrected chi connectivity index (χ0v) is 16.8. The van der Waals surface area contributed by atoms with E-state index in [2.05, 4.69) is 19.2 Å². The van der Waals surface area contributed by atoms with Crippen LogP contribution >= 0.6 is 0 Å². The van der Waals surface area contributed by atoms with E-state index in [9.17, 15) is 9.59 Å². The summed E-state index contributed by atoms with van der Waals surface area (Å²) in [5, 5.41) is 2.75. The van der Waals surface area contributed by atoms with Crippen LogP contribution in [0.15, 0.2) is 48.5 Å². The highest BCUT2D eigenvalue weighted by atomic mass is 16.5. The Kier molecular flexibility index (Phi) is 7.81. The molecule has 2 aromatic carbocycles. The van der Waals surface area contributed by atoms with Gasteiger partial charge in [-0.15, -0.1) is 0 Å². The van der Waals surface area contributed by atoms with Gasteiger partial charge < -0.3 is 14.8 Å². The molecule has 1 amide bonds. The summed E-state index contributed by atoms with van der Waals surface area (Å²) in [5.41, 5.74) is 1.95. The Morgan fingerprint density at radius 2 is 1.89 bits per heavy atom. The van der Waals surface area contributed by atoms with E-state index in [0.29, 0.717) is 35.3 Å². The average molecular weight is 381 g/mol. The third kappa shape index (κ3) is 6.58. The molecule has 0 saturated heterocycles. The molecule has 0 bridgehead atoms. The van der Waals surface area contributed by atoms with Crippen molar-refractivity contribution in [1.82, 2.24) is 0 Å². The highest BCUT2D eigenvalue weighted by Gasteiger charge is 2.06. The third-order valence-corrected chi connectivity index (χ3v) is 4.10. The maximum atomic E-state index is 12.2. The average Bonchev–Trinajstić information content (AvgIpc) is 2.67. The van der Waals surface area contributed by atoms with E-state index in [1.54, 1.807) is 37.5 Å². The number of ketones is 1. The van der Waals surface area contributed by atoms with Crippen LogP contribution < -0.4 is 14.8 Å². The van der Waals surface area contributed by atoms with Crippen LogP contribution in [0.1, 0.15) is 43.1 Å². The molecular weight excluding hydrogens is 354 g/mol. The number of anilines is 1. The molecule has 0 saturated carbocycles. The van der Waals surface area contributed by atoms with Crippen molar-refractivity contribution in [2.45, 2.75) is 27.2 Å². The van der Waals surface area contributed by atoms with E-state index < -0.39 is 0 Å². The van der Waals surface area contributed by atoms with Crippen molar-refractivity contribution in [1.29, 1.82) is 0 Å². The van der Waals surface area contributed by atoms with E-state index in [1.165, 1.54) is 13.0 Å². The molecular formula is C23H27NO4. The molecule has 0 unspecified atom stereocenters. The standard InChI is InChI=1S/C23H27NO4/c1-16(2)12-13-28-21-10-8-18(14-22(21)27-4)9-11-23(26)24-20-7-5-6-19(15-20)17(3)25/h5-11,14-16H,12-13H2,1-4H3,(H,24,26)/b11-9+. The minimum absolute atomic E-state index is 0.0468. The van der Waals surface area contributed by atoms with E-state index in [1.807, 2.05) is 18.2 Å². The zero-order valence-electron chi connectivity index (χ0n) is 16.8. The van der Waals surface area contributed by atoms with Crippen molar-refractivity contribution >= 4 is 23.5 Å². The summed E-state index contributed by atoms with van der Waals surface area (Å²) in [5.74, 6) is 1.56. The Hall–Kier alpha value is -3.08. The first-order valence-electron chi connectivity index (χ1n) is 9.30. The van der Waals surface area contributed by atoms with Crippen molar-refractivity contribution in [2.24, 2.45) is 5.92 Å². The third-order valence-electron chi connectivity index (χ3n) is 4.10. The van der Waals surface area contributed by atoms with Crippen LogP contribution in [0.25, 0.3) is 6.08 Å². The highest BCUT2D eigenvalue weighted by Crippen LogP contribution is 2.29. The molecule has 0 atom stereocenters. The smallest absolute Gasteiger partial charge is 0.248 e. The molecule has 0 aliphatic rings. The molecule has 2 rings (SSSR count). The van der Waals surface area contributed by atoms with Gasteiger partial charge in [-0.3, -0.25) is 9.59 Å². The number of nitrogens with one attached hydrogen (secondary N) is 1. The van der Waals surface area contributed by atoms with Gasteiger partial charge in [0.05, 0.1) is 13.7 Å². The molecule has 1 N–H and O–H groups in total. The van der Waals surface area contributed by atoms with Crippen LogP contribution in [0.4, 0.5) is 5.69 Å². The van der Waals surface area contributed by atoms with E-state index in [-0.39, 0.29) is 11.7 Å². The predicted molar refractivity (Wildman–Crippen MR) is 112 cm³/mol. The summed E-state index contributed by atoms with van der Waals surface area (Å²) in [7, 11) is 1.59. The molecule has 148 valence electrons. The van der Waals surface area contributed by atoms with Crippen molar-refractivity contribution in [2.75, 3.05) is 19.0 Å². The molecule has 5 nitrogen and oxygen atoms in total. The molecule has 0 radical (unpaired) electrons. The van der Waals surface area contributed by atoms with Gasteiger partial charge >= 0.3 is 0 Å². The minimum Gasteiger partial charge on any atom is -0.493 e. The molecule has 2 aromatic rings. The van der Waals surface area contributed by atoms with Crippen LogP contribution in [0.3, 0.4) is 0 Å². The fourth-order valence-corrected chi connectivity index (χ4v) is 2.48. The summed E-state index contributed by atoms with van der Waals surface area (Å²) < 4.78 is 11.2. The molecule has 0 aromatic heterocycles. The summed E-state index contributed by atoms with van der Waals surface area (Å²) in [6.45, 7) is 6.42. The normalized spacial score (nSPS) is 10.9. The first kappa shape index (κ1) is 21.2. The lowest BCUT2D eigenvalue weighted by molar-refractivity contribution is -0.111. The van der Waals surface area contributed by atoms with Crippen molar-refractivity contribution in [3.8, 4) is 11.5 Å². The maximum absolute atomic E-state index is 12.2. The second-order valence-corrected chi connectivity index (χ2v) is 6.90. The van der Waals surface area contributed by atoms with Crippen molar-refractivity contribution in [3.05, 3.63) is 59.7 Å². The fraction of sp³-hybridized carbons (Fsp3) is 0.304. The molecule has 0 fully saturated rings. The Bertz CT molecular complexity index is 855. The van der Waals surface area contributed by atoms with Gasteiger partial charge in [0.15, 0.2) is 17.3 Å². The maximum Gasteiger partial charge on any atom is 0.248 e. The second-order valence-electron chi connectivity index (χ2n) is 6.90. The van der Waals surface area contributed by atoms with Crippen LogP contribution in [-0.2, 0) is 4.79 Å². The lowest BCUT2D eigenvalue weighted by Gasteiger charge is -2.12. The van der Waals surface area contributed by atoms with Gasteiger partial charge in [-0.2, -0.15) is 0 Å². The number of hydrogen-bond acceptors (Lipinski definition) is 4. The summed E-state index contributed by atoms with van der Waals surface area (Å²) >= 11 is 0. The predicted octanol–water partition coefficient (Wildman–Crippen LogP) is 4.97. The van der Waals surface area contributed by atoms with Crippen LogP contribution in [0.2, 0.25) is 0 Å². The number of ether oxygens (including phenoxy) is 2. The number of Topliss-reactive ketones (excluding diaryl/α,β-unsaturated/α-hetero) is 1. The van der Waals surface area contributed by atoms with Gasteiger partial charge in [-0.25, -0.2) is 0 Å². The molecule has 0 spiro atoms. The Labute approximate surface area is 166 Å². The molecule has 0 heterocycles. The summed E-state index contributed by atoms with van der Waals surface area (Å²) in [4.78, 5) is 23.6. The number of rotatable bonds is 9. The Balaban J connectivity index is 2.01. The minimum atomic E-state index is -0.281. The van der Waals surface area contributed by atoms with Crippen molar-refractivity contribution < 1.29 is 19.1 Å². The van der Waals surface area contributed by atoms with Gasteiger partial charge in [0.25, 0.3) is 0 Å². The number of benzene rings is 2. The molecule has 28 heavy (non-hydrogen) atoms. The zero-order chi connectivity index (χ0) is 20.5. The molecule has 5 heteroatoms. The highest BCUT2D eigenvalue weighted by molar-refractivity contribution is 6.03. The molecule has 0 aliphatic heterocycles. The van der Waals surface area contributed by atoms with E-state index >= 15 is 0 Å². The Morgan fingerprint density at radius 1 is 1.11 bits per heavy atom. The number of carbonyl (C=O) groups excluding carboxylic acids is 2. The quantitative estimate of drug-likeness (QED) is 0.492. The van der Waals surface area contributed by atoms with E-state index in [4.69, 9.17) is 9.47 Å². The summed E-state index contributed by atoms with van der Waals surface area (Å²) in [6.07, 6.45) is 4.11. The number of methoxy groups -OCH3 is 1.